The molecule has 1 aromatic carbocycles. The third-order valence-corrected chi connectivity index (χ3v) is 2.72. The van der Waals surface area contributed by atoms with Crippen molar-refractivity contribution in [3.63, 3.8) is 0 Å². The average Bonchev–Trinajstić information content (AvgIpc) is 2.36. The van der Waals surface area contributed by atoms with E-state index in [4.69, 9.17) is 4.74 Å². The van der Waals surface area contributed by atoms with E-state index in [0.717, 1.165) is 16.3 Å². The van der Waals surface area contributed by atoms with Crippen molar-refractivity contribution in [2.24, 2.45) is 0 Å². The molecule has 0 aliphatic carbocycles. The normalized spacial score (nSPS) is 11.6. The van der Waals surface area contributed by atoms with Crippen molar-refractivity contribution < 1.29 is 9.53 Å². The maximum atomic E-state index is 11.6. The lowest BCUT2D eigenvalue weighted by Crippen LogP contribution is -2.31. The molecule has 0 saturated heterocycles. The van der Waals surface area contributed by atoms with E-state index in [1.807, 2.05) is 45.2 Å². The highest BCUT2D eigenvalue weighted by molar-refractivity contribution is 5.82. The molecule has 0 spiro atoms. The number of fused-ring (bicyclic) bond motifs is 1. The lowest BCUT2D eigenvalue weighted by Gasteiger charge is -2.19. The van der Waals surface area contributed by atoms with E-state index in [1.165, 1.54) is 0 Å². The molecule has 0 radical (unpaired) electrons. The highest BCUT2D eigenvalue weighted by atomic mass is 16.6. The summed E-state index contributed by atoms with van der Waals surface area (Å²) in [6.07, 6.45) is 3.62. The van der Waals surface area contributed by atoms with Crippen LogP contribution in [0.3, 0.4) is 0 Å². The van der Waals surface area contributed by atoms with Crippen LogP contribution in [0.5, 0.6) is 0 Å². The topological polar surface area (TPSA) is 51.2 Å². The van der Waals surface area contributed by atoms with Crippen molar-refractivity contribution in [2.75, 3.05) is 6.54 Å². The second-order valence-electron chi connectivity index (χ2n) is 5.75. The number of carbonyl (C=O) groups is 1. The van der Waals surface area contributed by atoms with Gasteiger partial charge < -0.3 is 10.1 Å². The monoisotopic (exact) mass is 272 g/mol. The number of hydrogen-bond acceptors (Lipinski definition) is 4. The van der Waals surface area contributed by atoms with Crippen LogP contribution < -0.4 is 5.32 Å². The standard InChI is InChI=1S/C16H20N2O2/c1-16(2,3)20-15(19)11-18-9-12-4-5-14-10-17-7-6-13(14)8-12/h4-8,10,18H,9,11H2,1-3H3. The molecule has 0 bridgehead atoms. The number of hydrogen-bond donors (Lipinski definition) is 1. The third-order valence-electron chi connectivity index (χ3n) is 2.72. The first kappa shape index (κ1) is 14.5. The summed E-state index contributed by atoms with van der Waals surface area (Å²) < 4.78 is 5.24. The highest BCUT2D eigenvalue weighted by Crippen LogP contribution is 2.14. The Kier molecular flexibility index (Phi) is 4.35. The molecule has 106 valence electrons. The summed E-state index contributed by atoms with van der Waals surface area (Å²) in [6.45, 7) is 6.44. The molecular formula is C16H20N2O2. The fourth-order valence-corrected chi connectivity index (χ4v) is 1.93. The van der Waals surface area contributed by atoms with Gasteiger partial charge in [-0.2, -0.15) is 0 Å². The molecule has 0 saturated carbocycles. The summed E-state index contributed by atoms with van der Waals surface area (Å²) in [7, 11) is 0. The summed E-state index contributed by atoms with van der Waals surface area (Å²) in [6, 6.07) is 8.14. The minimum Gasteiger partial charge on any atom is -0.459 e. The molecule has 0 unspecified atom stereocenters. The predicted octanol–water partition coefficient (Wildman–Crippen LogP) is 2.67. The van der Waals surface area contributed by atoms with Gasteiger partial charge in [0.1, 0.15) is 5.60 Å². The van der Waals surface area contributed by atoms with Crippen LogP contribution >= 0.6 is 0 Å². The minimum absolute atomic E-state index is 0.214. The SMILES string of the molecule is CC(C)(C)OC(=O)CNCc1ccc2cnccc2c1. The summed E-state index contributed by atoms with van der Waals surface area (Å²) >= 11 is 0. The zero-order valence-corrected chi connectivity index (χ0v) is 12.1. The Morgan fingerprint density at radius 1 is 1.25 bits per heavy atom. The summed E-state index contributed by atoms with van der Waals surface area (Å²) in [4.78, 5) is 15.7. The fourth-order valence-electron chi connectivity index (χ4n) is 1.93. The van der Waals surface area contributed by atoms with Crippen LogP contribution in [0.4, 0.5) is 0 Å². The van der Waals surface area contributed by atoms with Crippen molar-refractivity contribution in [1.82, 2.24) is 10.3 Å². The van der Waals surface area contributed by atoms with Crippen LogP contribution in [0.15, 0.2) is 36.7 Å². The summed E-state index contributed by atoms with van der Waals surface area (Å²) in [5.74, 6) is -0.234. The van der Waals surface area contributed by atoms with Crippen molar-refractivity contribution in [3.8, 4) is 0 Å². The number of carbonyl (C=O) groups excluding carboxylic acids is 1. The van der Waals surface area contributed by atoms with Gasteiger partial charge >= 0.3 is 5.97 Å². The van der Waals surface area contributed by atoms with E-state index in [1.54, 1.807) is 6.20 Å². The van der Waals surface area contributed by atoms with Gasteiger partial charge in [0.2, 0.25) is 0 Å². The molecule has 0 aliphatic rings. The zero-order chi connectivity index (χ0) is 14.6. The fraction of sp³-hybridized carbons (Fsp3) is 0.375. The smallest absolute Gasteiger partial charge is 0.320 e. The van der Waals surface area contributed by atoms with Crippen molar-refractivity contribution >= 4 is 16.7 Å². The van der Waals surface area contributed by atoms with Crippen LogP contribution in [0, 0.1) is 0 Å². The van der Waals surface area contributed by atoms with Gasteiger partial charge in [0.25, 0.3) is 0 Å². The maximum absolute atomic E-state index is 11.6. The van der Waals surface area contributed by atoms with Gasteiger partial charge in [0, 0.05) is 24.3 Å². The van der Waals surface area contributed by atoms with Gasteiger partial charge in [-0.15, -0.1) is 0 Å². The van der Waals surface area contributed by atoms with E-state index in [9.17, 15) is 4.79 Å². The molecule has 20 heavy (non-hydrogen) atoms. The van der Waals surface area contributed by atoms with E-state index in [-0.39, 0.29) is 12.5 Å². The molecule has 1 heterocycles. The molecule has 0 fully saturated rings. The van der Waals surface area contributed by atoms with E-state index in [0.29, 0.717) is 6.54 Å². The molecule has 1 N–H and O–H groups in total. The quantitative estimate of drug-likeness (QED) is 0.869. The maximum Gasteiger partial charge on any atom is 0.320 e. The van der Waals surface area contributed by atoms with Crippen LogP contribution in [0.2, 0.25) is 0 Å². The lowest BCUT2D eigenvalue weighted by atomic mass is 10.1. The van der Waals surface area contributed by atoms with Crippen LogP contribution in [0.1, 0.15) is 26.3 Å². The lowest BCUT2D eigenvalue weighted by molar-refractivity contribution is -0.153. The minimum atomic E-state index is -0.436. The van der Waals surface area contributed by atoms with Gasteiger partial charge in [-0.05, 0) is 43.9 Å². The second kappa shape index (κ2) is 6.01. The Balaban J connectivity index is 1.88. The number of aromatic nitrogens is 1. The van der Waals surface area contributed by atoms with Gasteiger partial charge in [-0.3, -0.25) is 9.78 Å². The molecule has 0 atom stereocenters. The molecule has 2 rings (SSSR count). The predicted molar refractivity (Wildman–Crippen MR) is 79.3 cm³/mol. The third kappa shape index (κ3) is 4.31. The first-order valence-electron chi connectivity index (χ1n) is 6.69. The number of esters is 1. The van der Waals surface area contributed by atoms with Crippen LogP contribution in [-0.4, -0.2) is 23.1 Å². The summed E-state index contributed by atoms with van der Waals surface area (Å²) in [5.41, 5.74) is 0.696. The Labute approximate surface area is 119 Å². The second-order valence-corrected chi connectivity index (χ2v) is 5.75. The number of nitrogens with one attached hydrogen (secondary N) is 1. The van der Waals surface area contributed by atoms with Crippen molar-refractivity contribution in [2.45, 2.75) is 32.9 Å². The number of nitrogens with zero attached hydrogens (tertiary/aromatic N) is 1. The molecule has 1 aromatic heterocycles. The largest absolute Gasteiger partial charge is 0.459 e. The first-order chi connectivity index (χ1) is 9.44. The first-order valence-corrected chi connectivity index (χ1v) is 6.69. The van der Waals surface area contributed by atoms with E-state index in [2.05, 4.69) is 16.4 Å². The van der Waals surface area contributed by atoms with Gasteiger partial charge in [0.15, 0.2) is 0 Å². The number of benzene rings is 1. The average molecular weight is 272 g/mol. The highest BCUT2D eigenvalue weighted by Gasteiger charge is 2.15. The van der Waals surface area contributed by atoms with Gasteiger partial charge in [-0.1, -0.05) is 12.1 Å². The van der Waals surface area contributed by atoms with Crippen LogP contribution in [0.25, 0.3) is 10.8 Å². The molecule has 2 aromatic rings. The molecule has 4 nitrogen and oxygen atoms in total. The zero-order valence-electron chi connectivity index (χ0n) is 12.1. The molecule has 0 aliphatic heterocycles. The Morgan fingerprint density at radius 3 is 2.80 bits per heavy atom. The van der Waals surface area contributed by atoms with Crippen molar-refractivity contribution in [3.05, 3.63) is 42.2 Å². The van der Waals surface area contributed by atoms with E-state index < -0.39 is 5.60 Å². The van der Waals surface area contributed by atoms with Crippen LogP contribution in [-0.2, 0) is 16.1 Å². The molecule has 0 amide bonds. The molecular weight excluding hydrogens is 252 g/mol. The Hall–Kier alpha value is -1.94. The number of ether oxygens (including phenoxy) is 1. The number of pyridine rings is 1. The van der Waals surface area contributed by atoms with Gasteiger partial charge in [0.05, 0.1) is 6.54 Å². The van der Waals surface area contributed by atoms with Crippen molar-refractivity contribution in [1.29, 1.82) is 0 Å². The Bertz CT molecular complexity index is 603. The Morgan fingerprint density at radius 2 is 2.05 bits per heavy atom. The summed E-state index contributed by atoms with van der Waals surface area (Å²) in [5, 5.41) is 5.36. The van der Waals surface area contributed by atoms with Gasteiger partial charge in [-0.25, -0.2) is 0 Å². The number of rotatable bonds is 4. The molecule has 4 heteroatoms. The van der Waals surface area contributed by atoms with E-state index >= 15 is 0 Å².